The molecule has 1 amide bonds. The molecule has 3 heterocycles. The molecule has 4 rings (SSSR count). The third-order valence-corrected chi connectivity index (χ3v) is 5.25. The zero-order chi connectivity index (χ0) is 20.2. The van der Waals surface area contributed by atoms with E-state index in [0.29, 0.717) is 48.7 Å². The summed E-state index contributed by atoms with van der Waals surface area (Å²) in [6.07, 6.45) is 7.90. The molecule has 0 unspecified atom stereocenters. The molecule has 0 saturated heterocycles. The van der Waals surface area contributed by atoms with Gasteiger partial charge < -0.3 is 9.72 Å². The van der Waals surface area contributed by atoms with Crippen molar-refractivity contribution in [2.24, 2.45) is 4.99 Å². The topological polar surface area (TPSA) is 87.7 Å². The van der Waals surface area contributed by atoms with Crippen molar-refractivity contribution in [3.8, 4) is 5.75 Å². The Balaban J connectivity index is 1.55. The number of benzene rings is 1. The number of H-pyrrole nitrogens is 1. The van der Waals surface area contributed by atoms with Gasteiger partial charge in [0.05, 0.1) is 12.7 Å². The Hall–Kier alpha value is -3.22. The summed E-state index contributed by atoms with van der Waals surface area (Å²) in [4.78, 5) is 39.0. The van der Waals surface area contributed by atoms with E-state index < -0.39 is 0 Å². The van der Waals surface area contributed by atoms with E-state index in [-0.39, 0.29) is 11.5 Å². The van der Waals surface area contributed by atoms with E-state index in [0.717, 1.165) is 30.6 Å². The molecule has 0 fully saturated rings. The highest BCUT2D eigenvalue weighted by molar-refractivity contribution is 5.93. The first-order chi connectivity index (χ1) is 14.2. The molecule has 0 atom stereocenters. The Labute approximate surface area is 169 Å². The van der Waals surface area contributed by atoms with E-state index in [1.807, 2.05) is 36.6 Å². The quantitative estimate of drug-likeness (QED) is 0.847. The second-order valence-electron chi connectivity index (χ2n) is 7.19. The number of carbonyl (C=O) groups excluding carboxylic acids is 1. The molecular weight excluding hydrogens is 368 g/mol. The van der Waals surface area contributed by atoms with Gasteiger partial charge in [-0.2, -0.15) is 0 Å². The molecule has 2 aromatic rings. The summed E-state index contributed by atoms with van der Waals surface area (Å²) in [7, 11) is 1.63. The molecule has 7 nitrogen and oxygen atoms in total. The average Bonchev–Trinajstić information content (AvgIpc) is 2.78. The van der Waals surface area contributed by atoms with Crippen LogP contribution in [0.3, 0.4) is 0 Å². The Morgan fingerprint density at radius 2 is 2.07 bits per heavy atom. The van der Waals surface area contributed by atoms with E-state index in [2.05, 4.69) is 15.0 Å². The molecule has 0 bridgehead atoms. The number of anilines is 1. The van der Waals surface area contributed by atoms with Gasteiger partial charge in [0.15, 0.2) is 5.82 Å². The number of hydrogen-bond acceptors (Lipinski definition) is 5. The van der Waals surface area contributed by atoms with Gasteiger partial charge in [0.1, 0.15) is 17.3 Å². The maximum atomic E-state index is 13.0. The number of aliphatic imine (C=N–C) groups is 1. The van der Waals surface area contributed by atoms with E-state index in [1.165, 1.54) is 0 Å². The van der Waals surface area contributed by atoms with Crippen LogP contribution >= 0.6 is 0 Å². The van der Waals surface area contributed by atoms with Gasteiger partial charge >= 0.3 is 0 Å². The fourth-order valence-electron chi connectivity index (χ4n) is 3.66. The molecule has 2 aliphatic rings. The maximum absolute atomic E-state index is 13.0. The lowest BCUT2D eigenvalue weighted by Crippen LogP contribution is -2.39. The highest BCUT2D eigenvalue weighted by atomic mass is 16.5. The minimum Gasteiger partial charge on any atom is -0.497 e. The molecular formula is C22H24N4O3. The number of nitrogens with one attached hydrogen (secondary N) is 1. The number of carbonyl (C=O) groups is 1. The van der Waals surface area contributed by atoms with E-state index in [9.17, 15) is 9.59 Å². The van der Waals surface area contributed by atoms with Gasteiger partial charge in [-0.15, -0.1) is 0 Å². The van der Waals surface area contributed by atoms with Crippen molar-refractivity contribution in [3.63, 3.8) is 0 Å². The van der Waals surface area contributed by atoms with E-state index in [1.54, 1.807) is 12.0 Å². The highest BCUT2D eigenvalue weighted by Crippen LogP contribution is 2.26. The van der Waals surface area contributed by atoms with E-state index in [4.69, 9.17) is 4.74 Å². The van der Waals surface area contributed by atoms with Crippen LogP contribution in [0.2, 0.25) is 0 Å². The third kappa shape index (κ3) is 4.13. The molecule has 0 aliphatic carbocycles. The Kier molecular flexibility index (Phi) is 5.55. The molecule has 150 valence electrons. The summed E-state index contributed by atoms with van der Waals surface area (Å²) in [5.74, 6) is 1.68. The van der Waals surface area contributed by atoms with Crippen LogP contribution in [0.5, 0.6) is 5.75 Å². The number of allylic oxidation sites excluding steroid dienone is 1. The Morgan fingerprint density at radius 1 is 1.24 bits per heavy atom. The molecule has 1 aromatic heterocycles. The van der Waals surface area contributed by atoms with Crippen molar-refractivity contribution in [3.05, 3.63) is 57.6 Å². The maximum Gasteiger partial charge on any atom is 0.256 e. The van der Waals surface area contributed by atoms with Crippen molar-refractivity contribution in [1.82, 2.24) is 9.97 Å². The Morgan fingerprint density at radius 3 is 2.79 bits per heavy atom. The van der Waals surface area contributed by atoms with Crippen molar-refractivity contribution in [1.29, 1.82) is 0 Å². The van der Waals surface area contributed by atoms with Crippen LogP contribution in [0, 0.1) is 0 Å². The zero-order valence-electron chi connectivity index (χ0n) is 16.5. The molecule has 7 heteroatoms. The molecule has 0 radical (unpaired) electrons. The summed E-state index contributed by atoms with van der Waals surface area (Å²) in [5.41, 5.74) is 2.13. The summed E-state index contributed by atoms with van der Waals surface area (Å²) < 4.78 is 5.17. The summed E-state index contributed by atoms with van der Waals surface area (Å²) >= 11 is 0. The van der Waals surface area contributed by atoms with Crippen molar-refractivity contribution in [2.45, 2.75) is 38.5 Å². The van der Waals surface area contributed by atoms with Gasteiger partial charge in [-0.3, -0.25) is 19.5 Å². The second-order valence-corrected chi connectivity index (χ2v) is 7.19. The number of aryl methyl sites for hydroxylation is 1. The normalized spacial score (nSPS) is 15.6. The number of aromatic amines is 1. The van der Waals surface area contributed by atoms with Gasteiger partial charge in [-0.05, 0) is 49.8 Å². The van der Waals surface area contributed by atoms with Crippen LogP contribution in [0.15, 0.2) is 40.1 Å². The van der Waals surface area contributed by atoms with Crippen molar-refractivity contribution >= 4 is 23.6 Å². The van der Waals surface area contributed by atoms with Crippen molar-refractivity contribution in [2.75, 3.05) is 18.6 Å². The van der Waals surface area contributed by atoms with Gasteiger partial charge in [0.2, 0.25) is 5.91 Å². The van der Waals surface area contributed by atoms with E-state index >= 15 is 0 Å². The fraction of sp³-hybridized carbons (Fsp3) is 0.364. The second kappa shape index (κ2) is 8.43. The summed E-state index contributed by atoms with van der Waals surface area (Å²) in [5, 5.41) is 0. The third-order valence-electron chi connectivity index (χ3n) is 5.25. The summed E-state index contributed by atoms with van der Waals surface area (Å²) in [6.45, 7) is 0.576. The van der Waals surface area contributed by atoms with Crippen LogP contribution < -0.4 is 15.2 Å². The first-order valence-electron chi connectivity index (χ1n) is 9.95. The van der Waals surface area contributed by atoms with Gasteiger partial charge in [-0.1, -0.05) is 18.2 Å². The number of amides is 1. The molecule has 2 aliphatic heterocycles. The van der Waals surface area contributed by atoms with Crippen molar-refractivity contribution < 1.29 is 9.53 Å². The van der Waals surface area contributed by atoms with Crippen LogP contribution in [-0.4, -0.2) is 35.7 Å². The van der Waals surface area contributed by atoms with Crippen LogP contribution in [-0.2, 0) is 17.6 Å². The number of aromatic nitrogens is 2. The molecule has 29 heavy (non-hydrogen) atoms. The minimum atomic E-state index is -0.181. The SMILES string of the molecule is COc1ccc(CCC(=O)N2CCCc3c2nc(C2=CCCC=N2)[nH]c3=O)cc1. The number of hydrogen-bond donors (Lipinski definition) is 1. The van der Waals surface area contributed by atoms with Gasteiger partial charge in [0, 0.05) is 19.2 Å². The molecule has 1 aromatic carbocycles. The predicted molar refractivity (Wildman–Crippen MR) is 113 cm³/mol. The standard InChI is InChI=1S/C22H24N4O3/c1-29-16-10-7-15(8-11-16)9-12-19(27)26-14-4-5-17-21(26)24-20(25-22(17)28)18-6-2-3-13-23-18/h6-8,10-11,13H,2-5,9,12,14H2,1H3,(H,24,25,28). The lowest BCUT2D eigenvalue weighted by molar-refractivity contribution is -0.118. The molecule has 0 saturated carbocycles. The van der Waals surface area contributed by atoms with Crippen LogP contribution in [0.1, 0.15) is 42.6 Å². The lowest BCUT2D eigenvalue weighted by Gasteiger charge is -2.28. The highest BCUT2D eigenvalue weighted by Gasteiger charge is 2.27. The number of ether oxygens (including phenoxy) is 1. The average molecular weight is 392 g/mol. The van der Waals surface area contributed by atoms with Gasteiger partial charge in [-0.25, -0.2) is 4.98 Å². The Bertz CT molecular complexity index is 1020. The summed E-state index contributed by atoms with van der Waals surface area (Å²) in [6, 6.07) is 7.71. The predicted octanol–water partition coefficient (Wildman–Crippen LogP) is 2.90. The number of fused-ring (bicyclic) bond motifs is 1. The molecule has 0 spiro atoms. The first-order valence-corrected chi connectivity index (χ1v) is 9.95. The smallest absolute Gasteiger partial charge is 0.256 e. The number of rotatable bonds is 5. The first kappa shape index (κ1) is 19.1. The molecule has 1 N–H and O–H groups in total. The van der Waals surface area contributed by atoms with Crippen LogP contribution in [0.25, 0.3) is 5.70 Å². The van der Waals surface area contributed by atoms with Crippen LogP contribution in [0.4, 0.5) is 5.82 Å². The zero-order valence-corrected chi connectivity index (χ0v) is 16.5. The number of methoxy groups -OCH3 is 1. The largest absolute Gasteiger partial charge is 0.497 e. The van der Waals surface area contributed by atoms with Gasteiger partial charge in [0.25, 0.3) is 5.56 Å². The minimum absolute atomic E-state index is 0.0213. The monoisotopic (exact) mass is 392 g/mol. The fourth-order valence-corrected chi connectivity index (χ4v) is 3.66. The lowest BCUT2D eigenvalue weighted by atomic mass is 10.0. The number of nitrogens with zero attached hydrogens (tertiary/aromatic N) is 3.